The normalized spacial score (nSPS) is 14.8. The standard InChI is InChI=1S/C26H22N2O3S.C4H10O/c1-14-12-19-25(32-26(28-19)16-4-2-3-5-16)23(18(14)13-21(29)30)17-6-7-20-22-15(9-11-31-20)8-10-27-24(17)22;1-4(2,3)5/h4,6-8,10,12H,2-3,5,9,11,13H2,1H3,(H,29,30);5H,1-3H3. The van der Waals surface area contributed by atoms with Crippen LogP contribution in [0.15, 0.2) is 36.5 Å². The molecule has 0 saturated carbocycles. The summed E-state index contributed by atoms with van der Waals surface area (Å²) in [5.41, 5.74) is 7.51. The molecule has 1 aliphatic heterocycles. The molecule has 0 atom stereocenters. The van der Waals surface area contributed by atoms with Crippen molar-refractivity contribution < 1.29 is 19.7 Å². The highest BCUT2D eigenvalue weighted by atomic mass is 32.1. The van der Waals surface area contributed by atoms with E-state index in [9.17, 15) is 9.90 Å². The molecule has 0 unspecified atom stereocenters. The number of thiazole rings is 1. The van der Waals surface area contributed by atoms with Crippen molar-refractivity contribution >= 4 is 44.0 Å². The van der Waals surface area contributed by atoms with Gasteiger partial charge in [0.15, 0.2) is 0 Å². The molecule has 0 spiro atoms. The van der Waals surface area contributed by atoms with Crippen molar-refractivity contribution in [2.45, 2.75) is 65.4 Å². The van der Waals surface area contributed by atoms with E-state index in [2.05, 4.69) is 12.1 Å². The van der Waals surface area contributed by atoms with Crippen LogP contribution in [0, 0.1) is 6.92 Å². The fourth-order valence-corrected chi connectivity index (χ4v) is 6.20. The molecule has 2 N–H and O–H groups in total. The third-order valence-corrected chi connectivity index (χ3v) is 7.66. The van der Waals surface area contributed by atoms with Gasteiger partial charge in [-0.15, -0.1) is 11.3 Å². The van der Waals surface area contributed by atoms with Gasteiger partial charge in [-0.05, 0) is 93.5 Å². The predicted molar refractivity (Wildman–Crippen MR) is 149 cm³/mol. The molecule has 0 bridgehead atoms. The quantitative estimate of drug-likeness (QED) is 0.313. The number of aryl methyl sites for hydroxylation is 1. The van der Waals surface area contributed by atoms with Gasteiger partial charge < -0.3 is 14.9 Å². The Morgan fingerprint density at radius 3 is 2.68 bits per heavy atom. The van der Waals surface area contributed by atoms with Crippen LogP contribution in [0.2, 0.25) is 0 Å². The molecule has 1 aliphatic carbocycles. The van der Waals surface area contributed by atoms with E-state index in [1.807, 2.05) is 31.3 Å². The molecule has 192 valence electrons. The van der Waals surface area contributed by atoms with E-state index in [1.54, 1.807) is 32.1 Å². The summed E-state index contributed by atoms with van der Waals surface area (Å²) in [5.74, 6) is 0.0128. The lowest BCUT2D eigenvalue weighted by molar-refractivity contribution is -0.136. The average molecular weight is 517 g/mol. The summed E-state index contributed by atoms with van der Waals surface area (Å²) in [7, 11) is 0. The summed E-state index contributed by atoms with van der Waals surface area (Å²) in [6.07, 6.45) is 8.26. The van der Waals surface area contributed by atoms with Crippen LogP contribution in [0.1, 0.15) is 61.7 Å². The molecule has 37 heavy (non-hydrogen) atoms. The number of carboxylic acid groups (broad SMARTS) is 1. The second-order valence-electron chi connectivity index (χ2n) is 10.7. The number of pyridine rings is 1. The van der Waals surface area contributed by atoms with E-state index in [1.165, 1.54) is 17.6 Å². The Morgan fingerprint density at radius 2 is 1.97 bits per heavy atom. The molecular formula is C30H32N2O4S. The van der Waals surface area contributed by atoms with Crippen molar-refractivity contribution in [3.8, 4) is 16.9 Å². The highest BCUT2D eigenvalue weighted by Gasteiger charge is 2.24. The van der Waals surface area contributed by atoms with Crippen LogP contribution in [0.25, 0.3) is 37.8 Å². The largest absolute Gasteiger partial charge is 0.493 e. The number of fused-ring (bicyclic) bond motifs is 1. The third kappa shape index (κ3) is 5.24. The van der Waals surface area contributed by atoms with Crippen LogP contribution in [-0.4, -0.2) is 38.4 Å². The van der Waals surface area contributed by atoms with Gasteiger partial charge in [0.1, 0.15) is 10.8 Å². The van der Waals surface area contributed by atoms with Crippen molar-refractivity contribution in [1.29, 1.82) is 0 Å². The number of benzene rings is 2. The Labute approximate surface area is 220 Å². The van der Waals surface area contributed by atoms with Crippen molar-refractivity contribution in [1.82, 2.24) is 9.97 Å². The van der Waals surface area contributed by atoms with Crippen molar-refractivity contribution in [3.05, 3.63) is 58.2 Å². The van der Waals surface area contributed by atoms with Gasteiger partial charge in [0.25, 0.3) is 0 Å². The van der Waals surface area contributed by atoms with Crippen molar-refractivity contribution in [2.24, 2.45) is 0 Å². The van der Waals surface area contributed by atoms with Gasteiger partial charge >= 0.3 is 5.97 Å². The Morgan fingerprint density at radius 1 is 1.19 bits per heavy atom. The lowest BCUT2D eigenvalue weighted by Gasteiger charge is -2.21. The minimum atomic E-state index is -0.837. The summed E-state index contributed by atoms with van der Waals surface area (Å²) in [5, 5.41) is 20.3. The highest BCUT2D eigenvalue weighted by molar-refractivity contribution is 7.20. The molecule has 0 fully saturated rings. The number of ether oxygens (including phenoxy) is 1. The second kappa shape index (κ2) is 9.88. The lowest BCUT2D eigenvalue weighted by Crippen LogP contribution is -2.10. The van der Waals surface area contributed by atoms with Gasteiger partial charge in [0.2, 0.25) is 0 Å². The molecule has 0 saturated heterocycles. The fraction of sp³-hybridized carbons (Fsp3) is 0.367. The fourth-order valence-electron chi connectivity index (χ4n) is 5.01. The maximum Gasteiger partial charge on any atom is 0.307 e. The van der Waals surface area contributed by atoms with Gasteiger partial charge in [0.05, 0.1) is 34.4 Å². The van der Waals surface area contributed by atoms with Crippen LogP contribution in [0.4, 0.5) is 0 Å². The Hall–Kier alpha value is -3.29. The minimum absolute atomic E-state index is 0.0352. The summed E-state index contributed by atoms with van der Waals surface area (Å²) in [6.45, 7) is 7.88. The minimum Gasteiger partial charge on any atom is -0.493 e. The number of hydrogen-bond acceptors (Lipinski definition) is 6. The third-order valence-electron chi connectivity index (χ3n) is 6.49. The monoisotopic (exact) mass is 516 g/mol. The highest BCUT2D eigenvalue weighted by Crippen LogP contribution is 2.45. The van der Waals surface area contributed by atoms with E-state index in [0.717, 1.165) is 73.4 Å². The maximum absolute atomic E-state index is 11.8. The zero-order valence-electron chi connectivity index (χ0n) is 21.7. The number of hydrogen-bond donors (Lipinski definition) is 2. The Balaban J connectivity index is 0.000000514. The van der Waals surface area contributed by atoms with Crippen LogP contribution in [-0.2, 0) is 17.6 Å². The topological polar surface area (TPSA) is 92.5 Å². The number of nitrogens with zero attached hydrogens (tertiary/aromatic N) is 2. The summed E-state index contributed by atoms with van der Waals surface area (Å²) < 4.78 is 6.95. The molecule has 2 aromatic carbocycles. The molecule has 2 aromatic heterocycles. The number of carboxylic acids is 1. The molecule has 2 aliphatic rings. The maximum atomic E-state index is 11.8. The smallest absolute Gasteiger partial charge is 0.307 e. The van der Waals surface area contributed by atoms with Crippen LogP contribution < -0.4 is 4.74 Å². The second-order valence-corrected chi connectivity index (χ2v) is 11.7. The molecule has 7 heteroatoms. The van der Waals surface area contributed by atoms with Crippen molar-refractivity contribution in [3.63, 3.8) is 0 Å². The number of allylic oxidation sites excluding steroid dienone is 2. The molecule has 4 aromatic rings. The van der Waals surface area contributed by atoms with Gasteiger partial charge in [-0.3, -0.25) is 9.78 Å². The first-order valence-electron chi connectivity index (χ1n) is 12.7. The number of aliphatic hydroxyl groups is 1. The van der Waals surface area contributed by atoms with Gasteiger partial charge in [-0.1, -0.05) is 6.08 Å². The molecular weight excluding hydrogens is 484 g/mol. The molecule has 3 heterocycles. The zero-order chi connectivity index (χ0) is 26.3. The first kappa shape index (κ1) is 25.4. The summed E-state index contributed by atoms with van der Waals surface area (Å²) >= 11 is 1.67. The molecule has 0 radical (unpaired) electrons. The molecule has 6 rings (SSSR count). The van der Waals surface area contributed by atoms with Crippen LogP contribution >= 0.6 is 11.3 Å². The molecule has 0 amide bonds. The van der Waals surface area contributed by atoms with Crippen LogP contribution in [0.5, 0.6) is 5.75 Å². The van der Waals surface area contributed by atoms with Crippen LogP contribution in [0.3, 0.4) is 0 Å². The predicted octanol–water partition coefficient (Wildman–Crippen LogP) is 6.73. The van der Waals surface area contributed by atoms with Gasteiger partial charge in [0, 0.05) is 29.1 Å². The number of rotatable bonds is 4. The van der Waals surface area contributed by atoms with Gasteiger partial charge in [-0.2, -0.15) is 0 Å². The van der Waals surface area contributed by atoms with E-state index >= 15 is 0 Å². The SMILES string of the molecule is CC(C)(C)O.Cc1cc2nc(C3=CCCC3)sc2c(-c2ccc3c4c(ccnc24)CCO3)c1CC(=O)O. The van der Waals surface area contributed by atoms with E-state index in [0.29, 0.717) is 6.61 Å². The number of aliphatic carboxylic acids is 1. The average Bonchev–Trinajstić information content (AvgIpc) is 3.49. The first-order valence-corrected chi connectivity index (χ1v) is 13.5. The molecule has 6 nitrogen and oxygen atoms in total. The zero-order valence-corrected chi connectivity index (χ0v) is 22.5. The summed E-state index contributed by atoms with van der Waals surface area (Å²) in [4.78, 5) is 21.5. The first-order chi connectivity index (χ1) is 17.6. The van der Waals surface area contributed by atoms with E-state index in [-0.39, 0.29) is 6.42 Å². The number of carbonyl (C=O) groups is 1. The van der Waals surface area contributed by atoms with Gasteiger partial charge in [-0.25, -0.2) is 4.98 Å². The summed E-state index contributed by atoms with van der Waals surface area (Å²) in [6, 6.07) is 8.13. The Bertz CT molecular complexity index is 1530. The van der Waals surface area contributed by atoms with E-state index in [4.69, 9.17) is 19.8 Å². The van der Waals surface area contributed by atoms with E-state index < -0.39 is 11.6 Å². The van der Waals surface area contributed by atoms with Crippen molar-refractivity contribution in [2.75, 3.05) is 6.61 Å². The Kier molecular flexibility index (Phi) is 6.77. The number of aromatic nitrogens is 2. The lowest BCUT2D eigenvalue weighted by atomic mass is 9.90.